The van der Waals surface area contributed by atoms with Crippen LogP contribution >= 0.6 is 0 Å². The molecule has 0 N–H and O–H groups in total. The van der Waals surface area contributed by atoms with E-state index in [1.54, 1.807) is 6.08 Å². The molecule has 3 nitrogen and oxygen atoms in total. The maximum atomic E-state index is 13.7. The van der Waals surface area contributed by atoms with E-state index >= 15 is 0 Å². The topological polar surface area (TPSA) is 35.1 Å². The van der Waals surface area contributed by atoms with Gasteiger partial charge < -0.3 is 4.42 Å². The Hall–Kier alpha value is -4.63. The molecule has 0 saturated heterocycles. The number of nitrogens with zero attached hydrogens (tertiary/aromatic N) is 1. The highest BCUT2D eigenvalue weighted by molar-refractivity contribution is 6.15. The van der Waals surface area contributed by atoms with Crippen molar-refractivity contribution in [3.63, 3.8) is 0 Å². The van der Waals surface area contributed by atoms with Gasteiger partial charge in [0.05, 0.1) is 5.52 Å². The summed E-state index contributed by atoms with van der Waals surface area (Å²) in [7, 11) is 0. The predicted molar refractivity (Wildman–Crippen MR) is 151 cm³/mol. The lowest BCUT2D eigenvalue weighted by atomic mass is 9.95. The fraction of sp³-hybridized carbons (Fsp3) is 0.0606. The molecule has 0 spiro atoms. The minimum absolute atomic E-state index is 0.00237. The van der Waals surface area contributed by atoms with Gasteiger partial charge in [-0.05, 0) is 78.1 Å². The van der Waals surface area contributed by atoms with Gasteiger partial charge in [0, 0.05) is 32.6 Å². The zero-order valence-corrected chi connectivity index (χ0v) is 19.9. The van der Waals surface area contributed by atoms with Gasteiger partial charge in [-0.3, -0.25) is 9.36 Å². The SMILES string of the molecule is C=C/C=C(\C=C/C)n1c(=O)c2cccc3c2c2c(c(-c4ccc5oc6ccccc6c5c4)ccc21)C3. The number of hydrogen-bond donors (Lipinski definition) is 0. The van der Waals surface area contributed by atoms with Crippen LogP contribution in [-0.2, 0) is 6.42 Å². The van der Waals surface area contributed by atoms with Crippen molar-refractivity contribution in [1.82, 2.24) is 4.57 Å². The third kappa shape index (κ3) is 2.77. The zero-order valence-electron chi connectivity index (χ0n) is 19.9. The fourth-order valence-electron chi connectivity index (χ4n) is 5.84. The van der Waals surface area contributed by atoms with Crippen molar-refractivity contribution in [2.75, 3.05) is 0 Å². The van der Waals surface area contributed by atoms with Crippen LogP contribution in [0.15, 0.2) is 113 Å². The molecule has 0 saturated carbocycles. The van der Waals surface area contributed by atoms with Gasteiger partial charge >= 0.3 is 0 Å². The average Bonchev–Trinajstić information content (AvgIpc) is 3.47. The Kier molecular flexibility index (Phi) is 4.43. The van der Waals surface area contributed by atoms with E-state index in [1.807, 2.05) is 60.1 Å². The minimum atomic E-state index is -0.00237. The van der Waals surface area contributed by atoms with Crippen molar-refractivity contribution in [1.29, 1.82) is 0 Å². The first-order chi connectivity index (χ1) is 17.7. The molecule has 7 rings (SSSR count). The molecule has 0 radical (unpaired) electrons. The molecule has 4 aromatic carbocycles. The van der Waals surface area contributed by atoms with Gasteiger partial charge in [0.2, 0.25) is 0 Å². The molecule has 0 amide bonds. The van der Waals surface area contributed by atoms with Crippen molar-refractivity contribution >= 4 is 49.3 Å². The molecule has 36 heavy (non-hydrogen) atoms. The normalized spacial score (nSPS) is 13.3. The van der Waals surface area contributed by atoms with Crippen LogP contribution in [0.4, 0.5) is 0 Å². The Balaban J connectivity index is 1.57. The van der Waals surface area contributed by atoms with Crippen molar-refractivity contribution in [2.45, 2.75) is 13.3 Å². The fourth-order valence-corrected chi connectivity index (χ4v) is 5.84. The summed E-state index contributed by atoms with van der Waals surface area (Å²) < 4.78 is 7.89. The molecule has 0 aliphatic heterocycles. The molecule has 0 atom stereocenters. The first kappa shape index (κ1) is 20.7. The number of hydrogen-bond acceptors (Lipinski definition) is 2. The molecule has 0 fully saturated rings. The van der Waals surface area contributed by atoms with E-state index in [4.69, 9.17) is 4.42 Å². The molecule has 1 aliphatic carbocycles. The number of furan rings is 1. The summed E-state index contributed by atoms with van der Waals surface area (Å²) in [5.74, 6) is 0. The van der Waals surface area contributed by atoms with Gasteiger partial charge in [0.1, 0.15) is 11.2 Å². The lowest BCUT2D eigenvalue weighted by Crippen LogP contribution is -2.19. The van der Waals surface area contributed by atoms with Crippen LogP contribution < -0.4 is 5.56 Å². The van der Waals surface area contributed by atoms with E-state index in [0.717, 1.165) is 61.3 Å². The van der Waals surface area contributed by atoms with E-state index in [1.165, 1.54) is 16.7 Å². The van der Waals surface area contributed by atoms with E-state index in [0.29, 0.717) is 0 Å². The molecular weight excluding hydrogens is 442 g/mol. The Morgan fingerprint density at radius 3 is 2.61 bits per heavy atom. The maximum Gasteiger partial charge on any atom is 0.263 e. The van der Waals surface area contributed by atoms with Crippen LogP contribution in [0, 0.1) is 0 Å². The molecule has 172 valence electrons. The molecule has 0 unspecified atom stereocenters. The van der Waals surface area contributed by atoms with Crippen LogP contribution in [0.5, 0.6) is 0 Å². The molecular formula is C33H23NO2. The number of rotatable bonds is 4. The van der Waals surface area contributed by atoms with Gasteiger partial charge in [0.15, 0.2) is 0 Å². The number of allylic oxidation sites excluding steroid dienone is 5. The Morgan fingerprint density at radius 2 is 1.75 bits per heavy atom. The van der Waals surface area contributed by atoms with Crippen molar-refractivity contribution in [3.05, 3.63) is 125 Å². The van der Waals surface area contributed by atoms with Crippen LogP contribution in [0.25, 0.3) is 60.4 Å². The minimum Gasteiger partial charge on any atom is -0.456 e. The van der Waals surface area contributed by atoms with Crippen LogP contribution in [-0.4, -0.2) is 4.57 Å². The highest BCUT2D eigenvalue weighted by Gasteiger charge is 2.25. The first-order valence-corrected chi connectivity index (χ1v) is 12.2. The highest BCUT2D eigenvalue weighted by Crippen LogP contribution is 2.43. The summed E-state index contributed by atoms with van der Waals surface area (Å²) in [6.45, 7) is 5.83. The smallest absolute Gasteiger partial charge is 0.263 e. The Bertz CT molecular complexity index is 2010. The summed E-state index contributed by atoms with van der Waals surface area (Å²) in [6, 6.07) is 25.0. The van der Waals surface area contributed by atoms with Gasteiger partial charge in [0.25, 0.3) is 5.56 Å². The summed E-state index contributed by atoms with van der Waals surface area (Å²) >= 11 is 0. The van der Waals surface area contributed by atoms with E-state index in [-0.39, 0.29) is 5.56 Å². The van der Waals surface area contributed by atoms with E-state index in [2.05, 4.69) is 49.0 Å². The van der Waals surface area contributed by atoms with Crippen molar-refractivity contribution in [2.24, 2.45) is 0 Å². The number of aromatic nitrogens is 1. The summed E-state index contributed by atoms with van der Waals surface area (Å²) in [6.07, 6.45) is 8.33. The van der Waals surface area contributed by atoms with Crippen molar-refractivity contribution in [3.8, 4) is 11.1 Å². The average molecular weight is 466 g/mol. The van der Waals surface area contributed by atoms with Gasteiger partial charge in [-0.25, -0.2) is 0 Å². The van der Waals surface area contributed by atoms with Crippen LogP contribution in [0.1, 0.15) is 18.1 Å². The second kappa shape index (κ2) is 7.69. The monoisotopic (exact) mass is 465 g/mol. The molecule has 0 bridgehead atoms. The Morgan fingerprint density at radius 1 is 0.917 bits per heavy atom. The van der Waals surface area contributed by atoms with Gasteiger partial charge in [-0.15, -0.1) is 0 Å². The second-order valence-corrected chi connectivity index (χ2v) is 9.28. The first-order valence-electron chi connectivity index (χ1n) is 12.2. The quantitative estimate of drug-likeness (QED) is 0.194. The lowest BCUT2D eigenvalue weighted by molar-refractivity contribution is 0.669. The molecule has 2 aromatic heterocycles. The molecule has 6 aromatic rings. The van der Waals surface area contributed by atoms with E-state index < -0.39 is 0 Å². The van der Waals surface area contributed by atoms with Gasteiger partial charge in [-0.2, -0.15) is 0 Å². The Labute approximate surface area is 207 Å². The highest BCUT2D eigenvalue weighted by atomic mass is 16.3. The van der Waals surface area contributed by atoms with Gasteiger partial charge in [-0.1, -0.05) is 61.2 Å². The standard InChI is InChI=1S/C33H23NO2/c1-3-8-22(9-4-2)34-28-16-15-23(27-19-21-10-7-12-25(33(34)35)31(21)32(27)28)20-14-17-30-26(18-20)24-11-5-6-13-29(24)36-30/h3-18H,1,19H2,2H3/b9-4-,22-8+. The molecule has 1 aliphatic rings. The number of pyridine rings is 1. The summed E-state index contributed by atoms with van der Waals surface area (Å²) in [4.78, 5) is 13.7. The molecule has 2 heterocycles. The summed E-state index contributed by atoms with van der Waals surface area (Å²) in [5.41, 5.74) is 8.34. The number of para-hydroxylation sites is 1. The lowest BCUT2D eigenvalue weighted by Gasteiger charge is -2.16. The third-order valence-electron chi connectivity index (χ3n) is 7.31. The number of fused-ring (bicyclic) bond motifs is 3. The van der Waals surface area contributed by atoms with E-state index in [9.17, 15) is 4.79 Å². The zero-order chi connectivity index (χ0) is 24.4. The predicted octanol–water partition coefficient (Wildman–Crippen LogP) is 8.23. The number of benzene rings is 4. The summed E-state index contributed by atoms with van der Waals surface area (Å²) in [5, 5.41) is 5.24. The van der Waals surface area contributed by atoms with Crippen molar-refractivity contribution < 1.29 is 4.42 Å². The molecule has 3 heteroatoms. The second-order valence-electron chi connectivity index (χ2n) is 9.28. The largest absolute Gasteiger partial charge is 0.456 e. The van der Waals surface area contributed by atoms with Crippen LogP contribution in [0.2, 0.25) is 0 Å². The maximum absolute atomic E-state index is 13.7. The van der Waals surface area contributed by atoms with Crippen LogP contribution in [0.3, 0.4) is 0 Å². The third-order valence-corrected chi connectivity index (χ3v) is 7.31.